The Morgan fingerprint density at radius 1 is 1.53 bits per heavy atom. The zero-order valence-electron chi connectivity index (χ0n) is 10.0. The van der Waals surface area contributed by atoms with Gasteiger partial charge < -0.3 is 20.6 Å². The molecule has 0 atom stereocenters. The molecule has 9 nitrogen and oxygen atoms in total. The van der Waals surface area contributed by atoms with Gasteiger partial charge in [-0.05, 0) is 6.92 Å². The number of carboxylic acids is 1. The maximum Gasteiger partial charge on any atom is 0.339 e. The summed E-state index contributed by atoms with van der Waals surface area (Å²) in [4.78, 5) is 24.5. The fourth-order valence-corrected chi connectivity index (χ4v) is 1.23. The number of hydrogen-bond acceptors (Lipinski definition) is 7. The van der Waals surface area contributed by atoms with Crippen LogP contribution in [0.3, 0.4) is 0 Å². The Bertz CT molecular complexity index is 500. The zero-order valence-corrected chi connectivity index (χ0v) is 10.0. The van der Waals surface area contributed by atoms with Crippen LogP contribution in [0.4, 0.5) is 11.5 Å². The third-order valence-corrected chi connectivity index (χ3v) is 2.43. The molecule has 1 rings (SSSR count). The van der Waals surface area contributed by atoms with Crippen LogP contribution in [0.1, 0.15) is 17.3 Å². The molecule has 9 heteroatoms. The number of hydrogen-bond donors (Lipinski definition) is 4. The highest BCUT2D eigenvalue weighted by Gasteiger charge is 2.26. The molecule has 0 aliphatic rings. The van der Waals surface area contributed by atoms with Crippen molar-refractivity contribution < 1.29 is 25.0 Å². The number of pyridine rings is 1. The van der Waals surface area contributed by atoms with E-state index in [-0.39, 0.29) is 5.82 Å². The Labute approximate surface area is 107 Å². The van der Waals surface area contributed by atoms with Gasteiger partial charge in [0.15, 0.2) is 0 Å². The predicted molar refractivity (Wildman–Crippen MR) is 64.1 cm³/mol. The molecule has 0 saturated heterocycles. The Balaban J connectivity index is 3.21. The molecule has 0 spiro atoms. The Morgan fingerprint density at radius 2 is 2.11 bits per heavy atom. The number of aliphatic hydroxyl groups is 2. The number of aliphatic hydroxyl groups excluding tert-OH is 2. The lowest BCUT2D eigenvalue weighted by Crippen LogP contribution is -2.43. The van der Waals surface area contributed by atoms with Crippen LogP contribution in [0.25, 0.3) is 0 Å². The van der Waals surface area contributed by atoms with Gasteiger partial charge in [0, 0.05) is 6.07 Å². The summed E-state index contributed by atoms with van der Waals surface area (Å²) in [7, 11) is 0. The third kappa shape index (κ3) is 3.36. The molecule has 104 valence electrons. The number of aromatic nitrogens is 1. The van der Waals surface area contributed by atoms with Crippen molar-refractivity contribution in [2.45, 2.75) is 12.5 Å². The van der Waals surface area contributed by atoms with Crippen LogP contribution >= 0.6 is 0 Å². The normalized spacial score (nSPS) is 11.1. The molecule has 1 aromatic heterocycles. The predicted octanol–water partition coefficient (Wildman–Crippen LogP) is -0.157. The summed E-state index contributed by atoms with van der Waals surface area (Å²) in [5.41, 5.74) is -2.06. The highest BCUT2D eigenvalue weighted by atomic mass is 16.6. The van der Waals surface area contributed by atoms with Gasteiger partial charge in [-0.3, -0.25) is 10.1 Å². The van der Waals surface area contributed by atoms with E-state index in [0.29, 0.717) is 0 Å². The molecule has 0 unspecified atom stereocenters. The molecule has 0 radical (unpaired) electrons. The third-order valence-electron chi connectivity index (χ3n) is 2.43. The lowest BCUT2D eigenvalue weighted by atomic mass is 10.0. The van der Waals surface area contributed by atoms with E-state index in [4.69, 9.17) is 15.3 Å². The van der Waals surface area contributed by atoms with Crippen LogP contribution in [0, 0.1) is 10.1 Å². The summed E-state index contributed by atoms with van der Waals surface area (Å²) in [6, 6.07) is 0.854. The Kier molecular flexibility index (Phi) is 4.35. The Hall–Kier alpha value is -2.26. The second-order valence-corrected chi connectivity index (χ2v) is 4.15. The standard InChI is InChI=1S/C10H13N3O6/c1-10(4-14,5-15)12-8-7(9(16)17)2-6(3-11-8)13(18)19/h2-3,14-15H,4-5H2,1H3,(H,11,12)(H,16,17). The van der Waals surface area contributed by atoms with Gasteiger partial charge in [0.2, 0.25) is 0 Å². The fraction of sp³-hybridized carbons (Fsp3) is 0.400. The molecule has 0 aromatic carbocycles. The number of carbonyl (C=O) groups is 1. The van der Waals surface area contributed by atoms with E-state index in [9.17, 15) is 14.9 Å². The molecule has 0 aliphatic heterocycles. The number of nitro groups is 1. The molecule has 0 fully saturated rings. The maximum absolute atomic E-state index is 11.0. The van der Waals surface area contributed by atoms with Crippen molar-refractivity contribution in [3.63, 3.8) is 0 Å². The van der Waals surface area contributed by atoms with E-state index in [1.807, 2.05) is 0 Å². The van der Waals surface area contributed by atoms with Gasteiger partial charge >= 0.3 is 5.97 Å². The summed E-state index contributed by atoms with van der Waals surface area (Å²) in [6.45, 7) is 0.504. The molecule has 4 N–H and O–H groups in total. The molecule has 0 saturated carbocycles. The van der Waals surface area contributed by atoms with Crippen LogP contribution in [0.15, 0.2) is 12.3 Å². The van der Waals surface area contributed by atoms with E-state index >= 15 is 0 Å². The first-order valence-electron chi connectivity index (χ1n) is 5.20. The number of aromatic carboxylic acids is 1. The van der Waals surface area contributed by atoms with Crippen molar-refractivity contribution in [1.82, 2.24) is 4.98 Å². The minimum Gasteiger partial charge on any atom is -0.478 e. The second-order valence-electron chi connectivity index (χ2n) is 4.15. The summed E-state index contributed by atoms with van der Waals surface area (Å²) in [6.07, 6.45) is 0.893. The van der Waals surface area contributed by atoms with Crippen LogP contribution in [0.2, 0.25) is 0 Å². The minimum absolute atomic E-state index is 0.163. The lowest BCUT2D eigenvalue weighted by molar-refractivity contribution is -0.385. The van der Waals surface area contributed by atoms with Gasteiger partial charge in [-0.25, -0.2) is 9.78 Å². The highest BCUT2D eigenvalue weighted by Crippen LogP contribution is 2.22. The smallest absolute Gasteiger partial charge is 0.339 e. The number of nitrogens with one attached hydrogen (secondary N) is 1. The van der Waals surface area contributed by atoms with E-state index in [1.165, 1.54) is 6.92 Å². The molecule has 1 aromatic rings. The first-order valence-corrected chi connectivity index (χ1v) is 5.20. The van der Waals surface area contributed by atoms with Crippen LogP contribution in [-0.4, -0.2) is 49.9 Å². The molecule has 1 heterocycles. The Morgan fingerprint density at radius 3 is 2.53 bits per heavy atom. The van der Waals surface area contributed by atoms with Crippen molar-refractivity contribution >= 4 is 17.5 Å². The molecule has 0 amide bonds. The van der Waals surface area contributed by atoms with Crippen LogP contribution in [-0.2, 0) is 0 Å². The van der Waals surface area contributed by atoms with Crippen molar-refractivity contribution in [2.75, 3.05) is 18.5 Å². The summed E-state index contributed by atoms with van der Waals surface area (Å²) in [5, 5.41) is 40.3. The van der Waals surface area contributed by atoms with E-state index in [2.05, 4.69) is 10.3 Å². The van der Waals surface area contributed by atoms with E-state index in [0.717, 1.165) is 12.3 Å². The quantitative estimate of drug-likeness (QED) is 0.412. The van der Waals surface area contributed by atoms with Crippen molar-refractivity contribution in [2.24, 2.45) is 0 Å². The van der Waals surface area contributed by atoms with Crippen molar-refractivity contribution in [1.29, 1.82) is 0 Å². The molecule has 19 heavy (non-hydrogen) atoms. The van der Waals surface area contributed by atoms with E-state index in [1.54, 1.807) is 0 Å². The average Bonchev–Trinajstić information content (AvgIpc) is 2.38. The molecular formula is C10H13N3O6. The van der Waals surface area contributed by atoms with Gasteiger partial charge in [-0.1, -0.05) is 0 Å². The highest BCUT2D eigenvalue weighted by molar-refractivity contribution is 5.93. The monoisotopic (exact) mass is 271 g/mol. The zero-order chi connectivity index (χ0) is 14.6. The second kappa shape index (κ2) is 5.59. The topological polar surface area (TPSA) is 146 Å². The number of nitrogens with zero attached hydrogens (tertiary/aromatic N) is 2. The number of rotatable bonds is 6. The number of anilines is 1. The van der Waals surface area contributed by atoms with Crippen LogP contribution < -0.4 is 5.32 Å². The lowest BCUT2D eigenvalue weighted by Gasteiger charge is -2.27. The SMILES string of the molecule is CC(CO)(CO)Nc1ncc([N+](=O)[O-])cc1C(=O)O. The summed E-state index contributed by atoms with van der Waals surface area (Å²) < 4.78 is 0. The maximum atomic E-state index is 11.0. The first kappa shape index (κ1) is 14.8. The van der Waals surface area contributed by atoms with Gasteiger partial charge in [0.1, 0.15) is 17.6 Å². The van der Waals surface area contributed by atoms with E-state index < -0.39 is 40.9 Å². The van der Waals surface area contributed by atoms with Gasteiger partial charge in [-0.2, -0.15) is 0 Å². The average molecular weight is 271 g/mol. The number of carboxylic acid groups (broad SMARTS) is 1. The van der Waals surface area contributed by atoms with Gasteiger partial charge in [0.25, 0.3) is 5.69 Å². The van der Waals surface area contributed by atoms with Gasteiger partial charge in [-0.15, -0.1) is 0 Å². The van der Waals surface area contributed by atoms with Crippen molar-refractivity contribution in [3.8, 4) is 0 Å². The fourth-order valence-electron chi connectivity index (χ4n) is 1.23. The van der Waals surface area contributed by atoms with Crippen molar-refractivity contribution in [3.05, 3.63) is 27.9 Å². The summed E-state index contributed by atoms with van der Waals surface area (Å²) in [5.74, 6) is -1.57. The molecule has 0 bridgehead atoms. The summed E-state index contributed by atoms with van der Waals surface area (Å²) >= 11 is 0. The van der Waals surface area contributed by atoms with Crippen LogP contribution in [0.5, 0.6) is 0 Å². The molecule has 0 aliphatic carbocycles. The largest absolute Gasteiger partial charge is 0.478 e. The molecular weight excluding hydrogens is 258 g/mol. The van der Waals surface area contributed by atoms with Gasteiger partial charge in [0.05, 0.1) is 23.7 Å². The minimum atomic E-state index is -1.41. The first-order chi connectivity index (χ1) is 8.83.